The quantitative estimate of drug-likeness (QED) is 0.624. The number of ether oxygens (including phenoxy) is 1. The number of carbonyl (C=O) groups is 2. The molecule has 0 spiro atoms. The molecule has 142 valence electrons. The predicted molar refractivity (Wildman–Crippen MR) is 106 cm³/mol. The second-order valence-electron chi connectivity index (χ2n) is 6.24. The molecule has 9 heteroatoms. The zero-order valence-corrected chi connectivity index (χ0v) is 17.1. The zero-order valence-electron chi connectivity index (χ0n) is 15.4. The molecule has 0 saturated heterocycles. The second-order valence-corrected chi connectivity index (χ2v) is 8.02. The molecule has 3 heterocycles. The maximum atomic E-state index is 12.5. The van der Waals surface area contributed by atoms with Crippen LogP contribution in [0, 0.1) is 6.92 Å². The minimum atomic E-state index is -0.945. The Bertz CT molecular complexity index is 944. The lowest BCUT2D eigenvalue weighted by molar-refractivity contribution is -0.123. The highest BCUT2D eigenvalue weighted by atomic mass is 32.1. The van der Waals surface area contributed by atoms with E-state index in [4.69, 9.17) is 4.74 Å². The number of thiazole rings is 1. The van der Waals surface area contributed by atoms with Gasteiger partial charge in [0.25, 0.3) is 5.91 Å². The summed E-state index contributed by atoms with van der Waals surface area (Å²) >= 11 is 2.83. The van der Waals surface area contributed by atoms with E-state index in [2.05, 4.69) is 15.4 Å². The van der Waals surface area contributed by atoms with Crippen LogP contribution >= 0.6 is 22.7 Å². The third-order valence-electron chi connectivity index (χ3n) is 3.81. The van der Waals surface area contributed by atoms with Gasteiger partial charge >= 0.3 is 5.97 Å². The summed E-state index contributed by atoms with van der Waals surface area (Å²) < 4.78 is 7.04. The molecule has 1 atom stereocenters. The Labute approximate surface area is 165 Å². The molecule has 0 radical (unpaired) electrons. The van der Waals surface area contributed by atoms with E-state index in [1.54, 1.807) is 42.1 Å². The molecular formula is C18H20N4O3S2. The van der Waals surface area contributed by atoms with Crippen molar-refractivity contribution in [3.63, 3.8) is 0 Å². The van der Waals surface area contributed by atoms with Crippen LogP contribution in [0.3, 0.4) is 0 Å². The Morgan fingerprint density at radius 3 is 2.70 bits per heavy atom. The van der Waals surface area contributed by atoms with Crippen molar-refractivity contribution in [1.82, 2.24) is 14.8 Å². The number of carbonyl (C=O) groups excluding carboxylic acids is 2. The summed E-state index contributed by atoms with van der Waals surface area (Å²) in [6, 6.07) is 3.75. The number of hydrogen-bond acceptors (Lipinski definition) is 7. The van der Waals surface area contributed by atoms with Gasteiger partial charge in [0.2, 0.25) is 0 Å². The van der Waals surface area contributed by atoms with Crippen molar-refractivity contribution in [2.24, 2.45) is 0 Å². The first-order chi connectivity index (χ1) is 12.9. The third-order valence-corrected chi connectivity index (χ3v) is 5.68. The maximum absolute atomic E-state index is 12.5. The molecule has 0 aliphatic rings. The third kappa shape index (κ3) is 4.25. The van der Waals surface area contributed by atoms with Crippen LogP contribution in [-0.2, 0) is 9.53 Å². The second kappa shape index (κ2) is 8.01. The summed E-state index contributed by atoms with van der Waals surface area (Å²) in [6.45, 7) is 7.22. The van der Waals surface area contributed by atoms with Gasteiger partial charge in [0, 0.05) is 23.1 Å². The van der Waals surface area contributed by atoms with Crippen molar-refractivity contribution in [3.05, 3.63) is 39.7 Å². The number of esters is 1. The molecule has 3 aromatic rings. The van der Waals surface area contributed by atoms with E-state index in [-0.39, 0.29) is 6.04 Å². The number of nitrogens with zero attached hydrogens (tertiary/aromatic N) is 3. The van der Waals surface area contributed by atoms with Crippen LogP contribution < -0.4 is 5.32 Å². The molecule has 1 unspecified atom stereocenters. The SMILES string of the molecule is Cc1nc(-c2ccsc2)sc1C(=O)OC(C)C(=O)Nc1ccnn1C(C)C. The minimum absolute atomic E-state index is 0.100. The van der Waals surface area contributed by atoms with E-state index in [9.17, 15) is 9.59 Å². The van der Waals surface area contributed by atoms with Gasteiger partial charge < -0.3 is 10.1 Å². The Morgan fingerprint density at radius 1 is 1.26 bits per heavy atom. The lowest BCUT2D eigenvalue weighted by Crippen LogP contribution is -2.31. The number of rotatable bonds is 6. The summed E-state index contributed by atoms with van der Waals surface area (Å²) in [7, 11) is 0. The van der Waals surface area contributed by atoms with E-state index in [1.807, 2.05) is 30.7 Å². The van der Waals surface area contributed by atoms with Crippen LogP contribution in [0.2, 0.25) is 0 Å². The van der Waals surface area contributed by atoms with Crippen molar-refractivity contribution in [3.8, 4) is 10.6 Å². The molecule has 0 aliphatic heterocycles. The van der Waals surface area contributed by atoms with Crippen LogP contribution in [0.4, 0.5) is 5.82 Å². The number of aromatic nitrogens is 3. The molecule has 7 nitrogen and oxygen atoms in total. The van der Waals surface area contributed by atoms with Crippen molar-refractivity contribution in [2.75, 3.05) is 5.32 Å². The molecular weight excluding hydrogens is 384 g/mol. The molecule has 0 bridgehead atoms. The number of thiophene rings is 1. The molecule has 0 fully saturated rings. The average molecular weight is 405 g/mol. The normalized spacial score (nSPS) is 12.2. The van der Waals surface area contributed by atoms with Gasteiger partial charge in [-0.25, -0.2) is 14.5 Å². The van der Waals surface area contributed by atoms with Crippen LogP contribution in [0.1, 0.15) is 42.2 Å². The largest absolute Gasteiger partial charge is 0.448 e. The molecule has 0 aromatic carbocycles. The van der Waals surface area contributed by atoms with Gasteiger partial charge in [-0.15, -0.1) is 11.3 Å². The Hall–Kier alpha value is -2.52. The minimum Gasteiger partial charge on any atom is -0.448 e. The van der Waals surface area contributed by atoms with E-state index >= 15 is 0 Å². The molecule has 1 amide bonds. The standard InChI is InChI=1S/C18H20N4O3S2/c1-10(2)22-14(5-7-19-22)21-16(23)12(4)25-18(24)15-11(3)20-17(27-15)13-6-8-26-9-13/h5-10,12H,1-4H3,(H,21,23). The first-order valence-electron chi connectivity index (χ1n) is 8.42. The van der Waals surface area contributed by atoms with E-state index < -0.39 is 18.0 Å². The smallest absolute Gasteiger partial charge is 0.351 e. The highest BCUT2D eigenvalue weighted by Crippen LogP contribution is 2.30. The predicted octanol–water partition coefficient (Wildman–Crippen LogP) is 4.14. The summed E-state index contributed by atoms with van der Waals surface area (Å²) in [6.07, 6.45) is 0.665. The van der Waals surface area contributed by atoms with Gasteiger partial charge in [0.15, 0.2) is 6.10 Å². The van der Waals surface area contributed by atoms with Crippen LogP contribution in [0.15, 0.2) is 29.1 Å². The van der Waals surface area contributed by atoms with Crippen LogP contribution in [-0.4, -0.2) is 32.7 Å². The summed E-state index contributed by atoms with van der Waals surface area (Å²) in [5, 5.41) is 11.6. The first kappa shape index (κ1) is 19.2. The van der Waals surface area contributed by atoms with Gasteiger partial charge in [-0.2, -0.15) is 16.4 Å². The van der Waals surface area contributed by atoms with Crippen molar-refractivity contribution < 1.29 is 14.3 Å². The van der Waals surface area contributed by atoms with E-state index in [0.29, 0.717) is 16.4 Å². The fourth-order valence-corrected chi connectivity index (χ4v) is 4.08. The summed E-state index contributed by atoms with van der Waals surface area (Å²) in [5.74, 6) is -0.399. The molecule has 0 aliphatic carbocycles. The molecule has 3 rings (SSSR count). The zero-order chi connectivity index (χ0) is 19.6. The maximum Gasteiger partial charge on any atom is 0.351 e. The van der Waals surface area contributed by atoms with Gasteiger partial charge in [0.05, 0.1) is 11.9 Å². The fraction of sp³-hybridized carbons (Fsp3) is 0.333. The van der Waals surface area contributed by atoms with Gasteiger partial charge in [-0.05, 0) is 39.1 Å². The van der Waals surface area contributed by atoms with Gasteiger partial charge in [-0.3, -0.25) is 4.79 Å². The van der Waals surface area contributed by atoms with Crippen molar-refractivity contribution >= 4 is 40.4 Å². The molecule has 27 heavy (non-hydrogen) atoms. The van der Waals surface area contributed by atoms with Gasteiger partial charge in [0.1, 0.15) is 15.7 Å². The van der Waals surface area contributed by atoms with Crippen LogP contribution in [0.5, 0.6) is 0 Å². The van der Waals surface area contributed by atoms with E-state index in [1.165, 1.54) is 11.3 Å². The van der Waals surface area contributed by atoms with Gasteiger partial charge in [-0.1, -0.05) is 0 Å². The number of nitrogens with one attached hydrogen (secondary N) is 1. The Kier molecular flexibility index (Phi) is 5.71. The van der Waals surface area contributed by atoms with Crippen LogP contribution in [0.25, 0.3) is 10.6 Å². The highest BCUT2D eigenvalue weighted by Gasteiger charge is 2.24. The first-order valence-corrected chi connectivity index (χ1v) is 10.2. The lowest BCUT2D eigenvalue weighted by Gasteiger charge is -2.15. The number of anilines is 1. The monoisotopic (exact) mass is 404 g/mol. The average Bonchev–Trinajstić information content (AvgIpc) is 3.34. The number of aryl methyl sites for hydroxylation is 1. The topological polar surface area (TPSA) is 86.1 Å². The summed E-state index contributed by atoms with van der Waals surface area (Å²) in [5.41, 5.74) is 1.57. The van der Waals surface area contributed by atoms with E-state index in [0.717, 1.165) is 10.6 Å². The lowest BCUT2D eigenvalue weighted by atomic mass is 10.3. The fourth-order valence-electron chi connectivity index (χ4n) is 2.42. The van der Waals surface area contributed by atoms with Crippen molar-refractivity contribution in [1.29, 1.82) is 0 Å². The molecule has 1 N–H and O–H groups in total. The summed E-state index contributed by atoms with van der Waals surface area (Å²) in [4.78, 5) is 29.7. The molecule has 3 aromatic heterocycles. The number of hydrogen-bond donors (Lipinski definition) is 1. The molecule has 0 saturated carbocycles. The Morgan fingerprint density at radius 2 is 2.04 bits per heavy atom. The highest BCUT2D eigenvalue weighted by molar-refractivity contribution is 7.17. The van der Waals surface area contributed by atoms with Crippen molar-refractivity contribution in [2.45, 2.75) is 39.8 Å². The Balaban J connectivity index is 1.67. The number of amides is 1.